The molecule has 34 heavy (non-hydrogen) atoms. The summed E-state index contributed by atoms with van der Waals surface area (Å²) in [5.74, 6) is 1.23. The summed E-state index contributed by atoms with van der Waals surface area (Å²) in [7, 11) is 1.58. The van der Waals surface area contributed by atoms with Crippen molar-refractivity contribution in [1.82, 2.24) is 19.2 Å². The highest BCUT2D eigenvalue weighted by Crippen LogP contribution is 2.25. The van der Waals surface area contributed by atoms with Crippen LogP contribution in [0.4, 0.5) is 0 Å². The highest BCUT2D eigenvalue weighted by Gasteiger charge is 2.19. The third kappa shape index (κ3) is 3.76. The number of carbonyl (C=O) groups is 1. The Morgan fingerprint density at radius 1 is 1.00 bits per heavy atom. The first-order chi connectivity index (χ1) is 16.5. The van der Waals surface area contributed by atoms with Gasteiger partial charge in [-0.05, 0) is 49.7 Å². The first-order valence-corrected chi connectivity index (χ1v) is 11.7. The van der Waals surface area contributed by atoms with Gasteiger partial charge in [-0.2, -0.15) is 0 Å². The standard InChI is InChI=1S/C26H22N4O3S/c1-16-11-12-17(2)21(13-16)23(31)15-34-26-28-27-25-29(18-7-6-8-19(14-18)33-3)24(32)20-9-4-5-10-22(20)30(25)26/h4-14H,15H2,1-3H3. The molecule has 0 saturated heterocycles. The smallest absolute Gasteiger partial charge is 0.267 e. The second kappa shape index (κ2) is 8.79. The molecule has 0 N–H and O–H groups in total. The Labute approximate surface area is 200 Å². The summed E-state index contributed by atoms with van der Waals surface area (Å²) < 4.78 is 8.70. The van der Waals surface area contributed by atoms with E-state index in [4.69, 9.17) is 4.74 Å². The number of thioether (sulfide) groups is 1. The van der Waals surface area contributed by atoms with Gasteiger partial charge in [0.15, 0.2) is 10.9 Å². The summed E-state index contributed by atoms with van der Waals surface area (Å²) >= 11 is 1.31. The molecule has 5 rings (SSSR count). The maximum absolute atomic E-state index is 13.5. The molecule has 8 heteroatoms. The van der Waals surface area contributed by atoms with Crippen molar-refractivity contribution in [3.8, 4) is 11.4 Å². The van der Waals surface area contributed by atoms with E-state index in [1.807, 2.05) is 72.8 Å². The second-order valence-electron chi connectivity index (χ2n) is 8.01. The van der Waals surface area contributed by atoms with E-state index in [-0.39, 0.29) is 17.1 Å². The van der Waals surface area contributed by atoms with E-state index in [0.717, 1.165) is 11.1 Å². The van der Waals surface area contributed by atoms with Crippen LogP contribution in [-0.2, 0) is 0 Å². The van der Waals surface area contributed by atoms with Gasteiger partial charge in [0, 0.05) is 11.6 Å². The van der Waals surface area contributed by atoms with Gasteiger partial charge in [-0.1, -0.05) is 47.7 Å². The number of hydrogen-bond acceptors (Lipinski definition) is 6. The molecule has 170 valence electrons. The lowest BCUT2D eigenvalue weighted by Gasteiger charge is -2.12. The molecular formula is C26H22N4O3S. The molecule has 5 aromatic rings. The Hall–Kier alpha value is -3.91. The number of hydrogen-bond donors (Lipinski definition) is 0. The van der Waals surface area contributed by atoms with Crippen molar-refractivity contribution in [2.75, 3.05) is 12.9 Å². The molecule has 0 saturated carbocycles. The maximum Gasteiger partial charge on any atom is 0.267 e. The summed E-state index contributed by atoms with van der Waals surface area (Å²) in [6.45, 7) is 3.91. The minimum Gasteiger partial charge on any atom is -0.497 e. The lowest BCUT2D eigenvalue weighted by molar-refractivity contribution is 0.102. The average molecular weight is 471 g/mol. The van der Waals surface area contributed by atoms with Crippen LogP contribution >= 0.6 is 11.8 Å². The van der Waals surface area contributed by atoms with Gasteiger partial charge in [0.2, 0.25) is 5.78 Å². The number of rotatable bonds is 6. The molecule has 0 aliphatic heterocycles. The van der Waals surface area contributed by atoms with Crippen LogP contribution in [0.25, 0.3) is 22.4 Å². The minimum atomic E-state index is -0.202. The Bertz CT molecular complexity index is 1620. The minimum absolute atomic E-state index is 0.0216. The summed E-state index contributed by atoms with van der Waals surface area (Å²) in [6, 6.07) is 20.4. The summed E-state index contributed by atoms with van der Waals surface area (Å²) in [4.78, 5) is 26.4. The monoisotopic (exact) mass is 470 g/mol. The number of nitrogens with zero attached hydrogens (tertiary/aromatic N) is 4. The molecule has 0 bridgehead atoms. The number of carbonyl (C=O) groups excluding carboxylic acids is 1. The lowest BCUT2D eigenvalue weighted by atomic mass is 10.0. The van der Waals surface area contributed by atoms with Crippen LogP contribution in [0.5, 0.6) is 5.75 Å². The molecule has 0 fully saturated rings. The van der Waals surface area contributed by atoms with Crippen LogP contribution < -0.4 is 10.3 Å². The van der Waals surface area contributed by atoms with Crippen molar-refractivity contribution >= 4 is 34.2 Å². The van der Waals surface area contributed by atoms with Crippen LogP contribution in [0.1, 0.15) is 21.5 Å². The second-order valence-corrected chi connectivity index (χ2v) is 8.95. The molecule has 0 atom stereocenters. The zero-order valence-electron chi connectivity index (χ0n) is 19.0. The molecule has 3 aromatic carbocycles. The van der Waals surface area contributed by atoms with E-state index in [1.165, 1.54) is 16.3 Å². The molecule has 7 nitrogen and oxygen atoms in total. The lowest BCUT2D eigenvalue weighted by Crippen LogP contribution is -2.22. The number of fused-ring (bicyclic) bond motifs is 3. The SMILES string of the molecule is COc1cccc(-n2c(=O)c3ccccc3n3c(SCC(=O)c4cc(C)ccc4C)nnc23)c1. The van der Waals surface area contributed by atoms with E-state index >= 15 is 0 Å². The van der Waals surface area contributed by atoms with Crippen LogP contribution in [0.15, 0.2) is 76.7 Å². The quantitative estimate of drug-likeness (QED) is 0.266. The molecule has 0 aliphatic rings. The zero-order chi connectivity index (χ0) is 23.8. The van der Waals surface area contributed by atoms with Crippen molar-refractivity contribution in [3.05, 3.63) is 93.8 Å². The van der Waals surface area contributed by atoms with E-state index in [9.17, 15) is 9.59 Å². The fourth-order valence-electron chi connectivity index (χ4n) is 4.00. The maximum atomic E-state index is 13.5. The number of benzene rings is 3. The van der Waals surface area contributed by atoms with E-state index in [1.54, 1.807) is 19.2 Å². The van der Waals surface area contributed by atoms with Gasteiger partial charge >= 0.3 is 0 Å². The molecule has 0 aliphatic carbocycles. The number of ether oxygens (including phenoxy) is 1. The summed E-state index contributed by atoms with van der Waals surface area (Å²) in [5, 5.41) is 9.77. The number of para-hydroxylation sites is 1. The van der Waals surface area contributed by atoms with Gasteiger partial charge in [-0.3, -0.25) is 14.0 Å². The van der Waals surface area contributed by atoms with E-state index in [0.29, 0.717) is 38.8 Å². The highest BCUT2D eigenvalue weighted by molar-refractivity contribution is 7.99. The van der Waals surface area contributed by atoms with Gasteiger partial charge in [0.1, 0.15) is 5.75 Å². The van der Waals surface area contributed by atoms with Gasteiger partial charge in [0.25, 0.3) is 5.56 Å². The predicted octanol–water partition coefficient (Wildman–Crippen LogP) is 4.63. The molecule has 2 heterocycles. The number of aromatic nitrogens is 4. The van der Waals surface area contributed by atoms with Crippen molar-refractivity contribution in [1.29, 1.82) is 0 Å². The average Bonchev–Trinajstić information content (AvgIpc) is 3.28. The Balaban J connectivity index is 1.63. The van der Waals surface area contributed by atoms with Gasteiger partial charge in [0.05, 0.1) is 29.5 Å². The van der Waals surface area contributed by atoms with E-state index in [2.05, 4.69) is 10.2 Å². The van der Waals surface area contributed by atoms with Crippen molar-refractivity contribution in [2.45, 2.75) is 19.0 Å². The normalized spacial score (nSPS) is 11.3. The molecule has 0 amide bonds. The third-order valence-corrected chi connectivity index (χ3v) is 6.66. The Kier molecular flexibility index (Phi) is 5.67. The van der Waals surface area contributed by atoms with Crippen LogP contribution in [0.3, 0.4) is 0 Å². The first kappa shape index (κ1) is 21.9. The molecule has 0 spiro atoms. The number of methoxy groups -OCH3 is 1. The number of ketones is 1. The largest absolute Gasteiger partial charge is 0.497 e. The highest BCUT2D eigenvalue weighted by atomic mass is 32.2. The number of aryl methyl sites for hydroxylation is 2. The first-order valence-electron chi connectivity index (χ1n) is 10.7. The third-order valence-electron chi connectivity index (χ3n) is 5.73. The predicted molar refractivity (Wildman–Crippen MR) is 134 cm³/mol. The fourth-order valence-corrected chi connectivity index (χ4v) is 4.82. The van der Waals surface area contributed by atoms with Crippen LogP contribution in [0, 0.1) is 13.8 Å². The topological polar surface area (TPSA) is 78.5 Å². The van der Waals surface area contributed by atoms with Gasteiger partial charge in [-0.25, -0.2) is 4.57 Å². The van der Waals surface area contributed by atoms with Crippen LogP contribution in [0.2, 0.25) is 0 Å². The van der Waals surface area contributed by atoms with Crippen molar-refractivity contribution < 1.29 is 9.53 Å². The zero-order valence-corrected chi connectivity index (χ0v) is 19.8. The van der Waals surface area contributed by atoms with Gasteiger partial charge in [-0.15, -0.1) is 10.2 Å². The Morgan fingerprint density at radius 3 is 2.65 bits per heavy atom. The molecule has 0 radical (unpaired) electrons. The molecule has 2 aromatic heterocycles. The number of Topliss-reactive ketones (excluding diaryl/α,β-unsaturated/α-hetero) is 1. The summed E-state index contributed by atoms with van der Waals surface area (Å²) in [6.07, 6.45) is 0. The van der Waals surface area contributed by atoms with Crippen molar-refractivity contribution in [2.24, 2.45) is 0 Å². The molecular weight excluding hydrogens is 448 g/mol. The van der Waals surface area contributed by atoms with E-state index < -0.39 is 0 Å². The van der Waals surface area contributed by atoms with Crippen LogP contribution in [-0.4, -0.2) is 37.8 Å². The summed E-state index contributed by atoms with van der Waals surface area (Å²) in [5.41, 5.74) is 3.80. The fraction of sp³-hybridized carbons (Fsp3) is 0.154. The Morgan fingerprint density at radius 2 is 1.82 bits per heavy atom. The van der Waals surface area contributed by atoms with Crippen molar-refractivity contribution in [3.63, 3.8) is 0 Å². The molecule has 0 unspecified atom stereocenters. The van der Waals surface area contributed by atoms with Gasteiger partial charge < -0.3 is 4.74 Å².